The molecule has 2 aromatic rings. The highest BCUT2D eigenvalue weighted by atomic mass is 79.9. The van der Waals surface area contributed by atoms with E-state index in [1.54, 1.807) is 19.1 Å². The first-order valence-electron chi connectivity index (χ1n) is 10.3. The molecule has 0 saturated heterocycles. The zero-order valence-corrected chi connectivity index (χ0v) is 21.7. The Balaban J connectivity index is 2.41. The third kappa shape index (κ3) is 8.12. The number of benzene rings is 2. The molecule has 2 rings (SSSR count). The van der Waals surface area contributed by atoms with E-state index >= 15 is 0 Å². The Bertz CT molecular complexity index is 1120. The predicted octanol–water partition coefficient (Wildman–Crippen LogP) is 3.69. The molecule has 0 bridgehead atoms. The second-order valence-corrected chi connectivity index (χ2v) is 11.6. The Morgan fingerprint density at radius 3 is 2.30 bits per heavy atom. The highest BCUT2D eigenvalue weighted by Crippen LogP contribution is 2.21. The zero-order chi connectivity index (χ0) is 25.0. The number of carbonyl (C=O) groups excluding carboxylic acids is 2. The largest absolute Gasteiger partial charge is 0.350 e. The van der Waals surface area contributed by atoms with Gasteiger partial charge in [0.2, 0.25) is 21.8 Å². The van der Waals surface area contributed by atoms with Crippen molar-refractivity contribution >= 4 is 43.5 Å². The summed E-state index contributed by atoms with van der Waals surface area (Å²) in [6.07, 6.45) is 0.944. The normalized spacial score (nSPS) is 12.7. The molecule has 33 heavy (non-hydrogen) atoms. The summed E-state index contributed by atoms with van der Waals surface area (Å²) >= 11 is 3.39. The van der Waals surface area contributed by atoms with Gasteiger partial charge in [-0.1, -0.05) is 34.1 Å². The van der Waals surface area contributed by atoms with Crippen molar-refractivity contribution in [2.45, 2.75) is 45.8 Å². The van der Waals surface area contributed by atoms with Gasteiger partial charge in [-0.15, -0.1) is 0 Å². The van der Waals surface area contributed by atoms with Gasteiger partial charge in [0.05, 0.1) is 11.9 Å². The van der Waals surface area contributed by atoms with Gasteiger partial charge in [-0.05, 0) is 63.6 Å². The molecule has 2 aromatic carbocycles. The van der Waals surface area contributed by atoms with Gasteiger partial charge < -0.3 is 10.2 Å². The molecule has 0 fully saturated rings. The minimum Gasteiger partial charge on any atom is -0.350 e. The van der Waals surface area contributed by atoms with Gasteiger partial charge in [-0.3, -0.25) is 13.9 Å². The van der Waals surface area contributed by atoms with Gasteiger partial charge in [0.25, 0.3) is 0 Å². The molecule has 1 atom stereocenters. The molecule has 1 N–H and O–H groups in total. The van der Waals surface area contributed by atoms with E-state index in [-0.39, 0.29) is 18.1 Å². The molecule has 0 aromatic heterocycles. The number of nitrogens with zero attached hydrogens (tertiary/aromatic N) is 2. The number of hydrogen-bond acceptors (Lipinski definition) is 4. The lowest BCUT2D eigenvalue weighted by Crippen LogP contribution is -2.54. The Labute approximate surface area is 203 Å². The third-order valence-corrected chi connectivity index (χ3v) is 6.32. The Kier molecular flexibility index (Phi) is 8.64. The summed E-state index contributed by atoms with van der Waals surface area (Å²) in [6.45, 7) is 6.57. The highest BCUT2D eigenvalue weighted by Gasteiger charge is 2.31. The molecule has 0 heterocycles. The van der Waals surface area contributed by atoms with Crippen molar-refractivity contribution in [2.75, 3.05) is 17.1 Å². The first kappa shape index (κ1) is 26.8. The van der Waals surface area contributed by atoms with E-state index in [1.807, 2.05) is 32.9 Å². The molecule has 1 unspecified atom stereocenters. The average Bonchev–Trinajstić information content (AvgIpc) is 2.67. The predicted molar refractivity (Wildman–Crippen MR) is 131 cm³/mol. The molecule has 10 heteroatoms. The van der Waals surface area contributed by atoms with Crippen LogP contribution in [0.3, 0.4) is 0 Å². The summed E-state index contributed by atoms with van der Waals surface area (Å²) in [5.74, 6) is -1.60. The average molecular weight is 542 g/mol. The number of halogens is 2. The summed E-state index contributed by atoms with van der Waals surface area (Å²) in [7, 11) is -3.91. The smallest absolute Gasteiger partial charge is 0.244 e. The van der Waals surface area contributed by atoms with E-state index < -0.39 is 39.9 Å². The van der Waals surface area contributed by atoms with E-state index in [9.17, 15) is 22.4 Å². The summed E-state index contributed by atoms with van der Waals surface area (Å²) in [4.78, 5) is 27.6. The first-order valence-corrected chi connectivity index (χ1v) is 12.9. The second kappa shape index (κ2) is 10.6. The van der Waals surface area contributed by atoms with Crippen molar-refractivity contribution in [2.24, 2.45) is 0 Å². The quantitative estimate of drug-likeness (QED) is 0.552. The van der Waals surface area contributed by atoms with Crippen molar-refractivity contribution in [3.05, 3.63) is 64.4 Å². The van der Waals surface area contributed by atoms with E-state index in [0.717, 1.165) is 26.7 Å². The van der Waals surface area contributed by atoms with Crippen LogP contribution in [0.15, 0.2) is 53.0 Å². The van der Waals surface area contributed by atoms with E-state index in [0.29, 0.717) is 0 Å². The number of rotatable bonds is 8. The molecule has 180 valence electrons. The van der Waals surface area contributed by atoms with Crippen molar-refractivity contribution in [3.8, 4) is 0 Å². The fraction of sp³-hybridized carbons (Fsp3) is 0.391. The highest BCUT2D eigenvalue weighted by molar-refractivity contribution is 9.10. The Hall–Kier alpha value is -2.46. The molecule has 0 aliphatic rings. The Morgan fingerprint density at radius 2 is 1.76 bits per heavy atom. The lowest BCUT2D eigenvalue weighted by atomic mass is 10.1. The van der Waals surface area contributed by atoms with Crippen LogP contribution in [0.25, 0.3) is 0 Å². The molecule has 0 aliphatic carbocycles. The summed E-state index contributed by atoms with van der Waals surface area (Å²) < 4.78 is 40.3. The van der Waals surface area contributed by atoms with E-state index in [1.165, 1.54) is 23.1 Å². The van der Waals surface area contributed by atoms with Crippen LogP contribution < -0.4 is 9.62 Å². The van der Waals surface area contributed by atoms with Gasteiger partial charge in [0.15, 0.2) is 0 Å². The van der Waals surface area contributed by atoms with Gasteiger partial charge in [0, 0.05) is 16.6 Å². The molecular formula is C23H29BrFN3O4S. The van der Waals surface area contributed by atoms with Crippen LogP contribution in [0.4, 0.5) is 10.1 Å². The molecule has 2 amide bonds. The maximum Gasteiger partial charge on any atom is 0.244 e. The maximum atomic E-state index is 13.8. The van der Waals surface area contributed by atoms with Gasteiger partial charge in [-0.25, -0.2) is 12.8 Å². The van der Waals surface area contributed by atoms with E-state index in [4.69, 9.17) is 0 Å². The van der Waals surface area contributed by atoms with Crippen LogP contribution in [0, 0.1) is 5.82 Å². The number of carbonyl (C=O) groups is 2. The zero-order valence-electron chi connectivity index (χ0n) is 19.3. The Morgan fingerprint density at radius 1 is 1.12 bits per heavy atom. The fourth-order valence-corrected chi connectivity index (χ4v) is 4.42. The molecule has 0 aliphatic heterocycles. The third-order valence-electron chi connectivity index (χ3n) is 4.68. The molecule has 0 saturated carbocycles. The molecular weight excluding hydrogens is 513 g/mol. The van der Waals surface area contributed by atoms with Crippen molar-refractivity contribution < 1.29 is 22.4 Å². The number of hydrogen-bond donors (Lipinski definition) is 1. The monoisotopic (exact) mass is 541 g/mol. The molecule has 7 nitrogen and oxygen atoms in total. The van der Waals surface area contributed by atoms with Crippen molar-refractivity contribution in [1.82, 2.24) is 10.2 Å². The molecule has 0 radical (unpaired) electrons. The number of anilines is 1. The summed E-state index contributed by atoms with van der Waals surface area (Å²) in [6, 6.07) is 11.4. The van der Waals surface area contributed by atoms with Gasteiger partial charge in [0.1, 0.15) is 18.4 Å². The van der Waals surface area contributed by atoms with Crippen LogP contribution in [0.2, 0.25) is 0 Å². The van der Waals surface area contributed by atoms with Gasteiger partial charge >= 0.3 is 0 Å². The lowest BCUT2D eigenvalue weighted by molar-refractivity contribution is -0.140. The number of sulfonamides is 1. The standard InChI is InChI=1S/C23H29BrFN3O4S/c1-16(22(30)26-23(2,3)4)27(14-17-8-6-9-18(24)12-17)21(29)15-28(33(5,31)32)20-11-7-10-19(25)13-20/h6-13,16H,14-15H2,1-5H3,(H,26,30). The van der Waals surface area contributed by atoms with Crippen LogP contribution in [0.1, 0.15) is 33.3 Å². The summed E-state index contributed by atoms with van der Waals surface area (Å²) in [5.41, 5.74) is 0.265. The van der Waals surface area contributed by atoms with Crippen LogP contribution in [0.5, 0.6) is 0 Å². The van der Waals surface area contributed by atoms with E-state index in [2.05, 4.69) is 21.2 Å². The second-order valence-electron chi connectivity index (χ2n) is 8.82. The van der Waals surface area contributed by atoms with Crippen molar-refractivity contribution in [1.29, 1.82) is 0 Å². The SMILES string of the molecule is CC(C(=O)NC(C)(C)C)N(Cc1cccc(Br)c1)C(=O)CN(c1cccc(F)c1)S(C)(=O)=O. The number of amides is 2. The lowest BCUT2D eigenvalue weighted by Gasteiger charge is -2.33. The topological polar surface area (TPSA) is 86.8 Å². The first-order chi connectivity index (χ1) is 15.2. The van der Waals surface area contributed by atoms with Crippen LogP contribution in [-0.4, -0.2) is 49.5 Å². The van der Waals surface area contributed by atoms with Gasteiger partial charge in [-0.2, -0.15) is 0 Å². The van der Waals surface area contributed by atoms with Crippen LogP contribution in [-0.2, 0) is 26.2 Å². The summed E-state index contributed by atoms with van der Waals surface area (Å²) in [5, 5.41) is 2.85. The van der Waals surface area contributed by atoms with Crippen LogP contribution >= 0.6 is 15.9 Å². The minimum atomic E-state index is -3.91. The fourth-order valence-electron chi connectivity index (χ4n) is 3.13. The maximum absolute atomic E-state index is 13.8. The van der Waals surface area contributed by atoms with Crippen molar-refractivity contribution in [3.63, 3.8) is 0 Å². The minimum absolute atomic E-state index is 0.0278. The number of nitrogens with one attached hydrogen (secondary N) is 1. The molecule has 0 spiro atoms.